The number of aliphatic hydroxyl groups is 1. The number of rotatable bonds is 0. The van der Waals surface area contributed by atoms with Crippen LogP contribution in [0.4, 0.5) is 0 Å². The molecular weight excluding hydrogens is 275 g/mol. The van der Waals surface area contributed by atoms with Crippen LogP contribution in [0.3, 0.4) is 0 Å². The molecule has 1 heterocycles. The molecule has 0 spiro atoms. The fourth-order valence-electron chi connectivity index (χ4n) is 0.993. The molecule has 0 radical (unpaired) electrons. The molecule has 0 aliphatic carbocycles. The van der Waals surface area contributed by atoms with E-state index in [4.69, 9.17) is 4.74 Å². The fourth-order valence-corrected chi connectivity index (χ4v) is 1.55. The van der Waals surface area contributed by atoms with Gasteiger partial charge in [0.05, 0.1) is 6.61 Å². The van der Waals surface area contributed by atoms with Gasteiger partial charge in [0.1, 0.15) is 5.60 Å². The molecule has 1 aliphatic heterocycles. The highest BCUT2D eigenvalue weighted by molar-refractivity contribution is 14.2. The van der Waals surface area contributed by atoms with Gasteiger partial charge in [0.25, 0.3) is 0 Å². The summed E-state index contributed by atoms with van der Waals surface area (Å²) in [5, 5.41) is 12.5. The summed E-state index contributed by atoms with van der Waals surface area (Å²) in [6.45, 7) is 1.11. The normalized spacial score (nSPS) is 30.7. The molecule has 62 valence electrons. The molecule has 4 heteroatoms. The van der Waals surface area contributed by atoms with E-state index in [0.717, 1.165) is 19.4 Å². The summed E-state index contributed by atoms with van der Waals surface area (Å²) in [6.07, 6.45) is 1.63. The number of hydrogen-bond acceptors (Lipinski definition) is 3. The van der Waals surface area contributed by atoms with Gasteiger partial charge >= 0.3 is 0 Å². The summed E-state index contributed by atoms with van der Waals surface area (Å²) >= 11 is 2.08. The summed E-state index contributed by atoms with van der Waals surface area (Å²) in [5.74, 6) is 2.78. The molecule has 0 aromatic heterocycles. The first-order valence-electron chi connectivity index (χ1n) is 3.37. The minimum atomic E-state index is -0.879. The molecular formula is C7H9IO2S. The molecule has 1 aliphatic rings. The van der Waals surface area contributed by atoms with Crippen molar-refractivity contribution in [3.05, 3.63) is 0 Å². The molecule has 1 fully saturated rings. The van der Waals surface area contributed by atoms with Crippen LogP contribution in [-0.4, -0.2) is 23.9 Å². The van der Waals surface area contributed by atoms with Crippen molar-refractivity contribution >= 4 is 30.1 Å². The van der Waals surface area contributed by atoms with Gasteiger partial charge in [-0.3, -0.25) is 0 Å². The Labute approximate surface area is 82.7 Å². The third kappa shape index (κ3) is 3.20. The molecule has 1 unspecified atom stereocenters. The van der Waals surface area contributed by atoms with E-state index < -0.39 is 5.60 Å². The summed E-state index contributed by atoms with van der Waals surface area (Å²) < 4.78 is 5.12. The zero-order valence-electron chi connectivity index (χ0n) is 5.97. The van der Waals surface area contributed by atoms with Gasteiger partial charge in [-0.1, -0.05) is 5.92 Å². The average Bonchev–Trinajstić information content (AvgIpc) is 2.03. The molecule has 0 aromatic carbocycles. The van der Waals surface area contributed by atoms with Crippen LogP contribution in [0.2, 0.25) is 0 Å². The highest BCUT2D eigenvalue weighted by atomic mass is 127. The Bertz CT molecular complexity index is 179. The van der Waals surface area contributed by atoms with E-state index >= 15 is 0 Å². The Morgan fingerprint density at radius 1 is 1.64 bits per heavy atom. The fraction of sp³-hybridized carbons (Fsp3) is 0.714. The van der Waals surface area contributed by atoms with Crippen LogP contribution < -0.4 is 0 Å². The predicted molar refractivity (Wildman–Crippen MR) is 54.4 cm³/mol. The van der Waals surface area contributed by atoms with Gasteiger partial charge in [0.2, 0.25) is 0 Å². The van der Waals surface area contributed by atoms with E-state index in [1.807, 2.05) is 0 Å². The van der Waals surface area contributed by atoms with Gasteiger partial charge < -0.3 is 9.84 Å². The van der Waals surface area contributed by atoms with Crippen molar-refractivity contribution in [3.8, 4) is 11.2 Å². The third-order valence-electron chi connectivity index (χ3n) is 1.54. The summed E-state index contributed by atoms with van der Waals surface area (Å²) in [7, 11) is 1.39. The molecule has 0 bridgehead atoms. The number of halogens is 1. The highest BCUT2D eigenvalue weighted by Gasteiger charge is 2.27. The average molecular weight is 284 g/mol. The first-order chi connectivity index (χ1) is 5.27. The van der Waals surface area contributed by atoms with E-state index in [9.17, 15) is 5.11 Å². The Balaban J connectivity index is 2.49. The van der Waals surface area contributed by atoms with Gasteiger partial charge in [-0.25, -0.2) is 0 Å². The topological polar surface area (TPSA) is 29.5 Å². The van der Waals surface area contributed by atoms with Crippen LogP contribution in [0.5, 0.6) is 0 Å². The van der Waals surface area contributed by atoms with Crippen molar-refractivity contribution in [2.75, 3.05) is 13.2 Å². The van der Waals surface area contributed by atoms with Crippen molar-refractivity contribution in [2.45, 2.75) is 18.4 Å². The largest absolute Gasteiger partial charge is 0.377 e. The first-order valence-corrected chi connectivity index (χ1v) is 6.73. The van der Waals surface area contributed by atoms with Gasteiger partial charge in [0, 0.05) is 27.8 Å². The maximum atomic E-state index is 9.69. The van der Waals surface area contributed by atoms with Gasteiger partial charge in [-0.2, -0.15) is 0 Å². The lowest BCUT2D eigenvalue weighted by Crippen LogP contribution is -2.36. The lowest BCUT2D eigenvalue weighted by molar-refractivity contribution is -0.0479. The summed E-state index contributed by atoms with van der Waals surface area (Å²) in [4.78, 5) is 0. The molecule has 1 N–H and O–H groups in total. The van der Waals surface area contributed by atoms with Gasteiger partial charge in [-0.15, -0.1) is 0 Å². The Kier molecular flexibility index (Phi) is 3.99. The molecule has 0 saturated carbocycles. The second kappa shape index (κ2) is 4.55. The second-order valence-corrected chi connectivity index (χ2v) is 4.17. The predicted octanol–water partition coefficient (Wildman–Crippen LogP) is 1.57. The van der Waals surface area contributed by atoms with Crippen LogP contribution in [0.25, 0.3) is 0 Å². The molecule has 1 atom stereocenters. The van der Waals surface area contributed by atoms with Crippen LogP contribution in [-0.2, 0) is 4.74 Å². The van der Waals surface area contributed by atoms with Crippen LogP contribution in [0.15, 0.2) is 0 Å². The van der Waals surface area contributed by atoms with Crippen molar-refractivity contribution in [3.63, 3.8) is 0 Å². The summed E-state index contributed by atoms with van der Waals surface area (Å²) in [6, 6.07) is 0. The van der Waals surface area contributed by atoms with Crippen molar-refractivity contribution in [1.82, 2.24) is 0 Å². The summed E-state index contributed by atoms with van der Waals surface area (Å²) in [5.41, 5.74) is -0.879. The van der Waals surface area contributed by atoms with Crippen molar-refractivity contribution < 1.29 is 9.84 Å². The van der Waals surface area contributed by atoms with Crippen LogP contribution >= 0.6 is 30.1 Å². The highest BCUT2D eigenvalue weighted by Crippen LogP contribution is 2.19. The smallest absolute Gasteiger partial charge is 0.149 e. The lowest BCUT2D eigenvalue weighted by Gasteiger charge is -2.26. The zero-order valence-corrected chi connectivity index (χ0v) is 8.94. The lowest BCUT2D eigenvalue weighted by atomic mass is 9.98. The molecule has 1 saturated heterocycles. The number of hydrogen-bond donors (Lipinski definition) is 1. The van der Waals surface area contributed by atoms with E-state index in [2.05, 4.69) is 32.4 Å². The number of ether oxygens (including phenoxy) is 1. The van der Waals surface area contributed by atoms with Crippen molar-refractivity contribution in [1.29, 1.82) is 0 Å². The van der Waals surface area contributed by atoms with E-state index in [-0.39, 0.29) is 0 Å². The maximum Gasteiger partial charge on any atom is 0.149 e. The molecule has 0 amide bonds. The molecule has 11 heavy (non-hydrogen) atoms. The minimum absolute atomic E-state index is 0.358. The SMILES string of the molecule is OC1(C#CSI)CCCOC1. The second-order valence-electron chi connectivity index (χ2n) is 2.49. The maximum absolute atomic E-state index is 9.69. The van der Waals surface area contributed by atoms with Gasteiger partial charge in [-0.05, 0) is 27.0 Å². The monoisotopic (exact) mass is 284 g/mol. The Morgan fingerprint density at radius 3 is 3.00 bits per heavy atom. The standard InChI is InChI=1S/C7H9IO2S/c8-11-5-3-7(9)2-1-4-10-6-7/h9H,1-2,4,6H2. The zero-order chi connectivity index (χ0) is 8.16. The van der Waals surface area contributed by atoms with Gasteiger partial charge in [0.15, 0.2) is 0 Å². The van der Waals surface area contributed by atoms with E-state index in [0.29, 0.717) is 6.61 Å². The van der Waals surface area contributed by atoms with Crippen LogP contribution in [0.1, 0.15) is 12.8 Å². The van der Waals surface area contributed by atoms with Crippen LogP contribution in [0, 0.1) is 11.2 Å². The quantitative estimate of drug-likeness (QED) is 0.541. The molecule has 0 aromatic rings. The van der Waals surface area contributed by atoms with E-state index in [1.54, 1.807) is 0 Å². The Morgan fingerprint density at radius 2 is 2.45 bits per heavy atom. The molecule has 1 rings (SSSR count). The van der Waals surface area contributed by atoms with E-state index in [1.165, 1.54) is 8.93 Å². The molecule has 2 nitrogen and oxygen atoms in total. The minimum Gasteiger partial charge on any atom is -0.377 e. The first kappa shape index (κ1) is 9.65. The van der Waals surface area contributed by atoms with Crippen molar-refractivity contribution in [2.24, 2.45) is 0 Å². The Hall–Kier alpha value is 0.560. The third-order valence-corrected chi connectivity index (χ3v) is 2.38.